The van der Waals surface area contributed by atoms with Gasteiger partial charge in [0.2, 0.25) is 0 Å². The van der Waals surface area contributed by atoms with Crippen molar-refractivity contribution in [1.82, 2.24) is 20.2 Å². The van der Waals surface area contributed by atoms with Crippen LogP contribution in [0.4, 0.5) is 5.82 Å². The van der Waals surface area contributed by atoms with E-state index < -0.39 is 9.84 Å². The van der Waals surface area contributed by atoms with E-state index in [1.54, 1.807) is 6.20 Å². The van der Waals surface area contributed by atoms with E-state index in [0.29, 0.717) is 35.4 Å². The molecule has 11 heteroatoms. The van der Waals surface area contributed by atoms with Gasteiger partial charge in [0.15, 0.2) is 5.01 Å². The second-order valence-corrected chi connectivity index (χ2v) is 14.7. The molecule has 0 unspecified atom stereocenters. The standard InChI is InChI=1S/C27H35N5O4S2/c1-15-13-22(29-16(2)17-3-4-17)28-14-21(15)24-23(27(34)32-19-5-6-20(32)8-7-19)31-26(37-24)25(33)30-18-9-11-38(35,36)12-10-18/h13-14,16-20H,3-12H2,1-2H3,(H,28,29)(H,30,33)/t16-,19?,20?/m1/s1. The molecule has 2 aromatic heterocycles. The SMILES string of the molecule is Cc1cc(N[C@H](C)C2CC2)ncc1-c1sc(C(=O)NC2CCS(=O)(=O)CC2)nc1C(=O)N1C2CCC1CC2. The van der Waals surface area contributed by atoms with E-state index in [0.717, 1.165) is 42.6 Å². The Balaban J connectivity index is 1.29. The molecular weight excluding hydrogens is 522 g/mol. The summed E-state index contributed by atoms with van der Waals surface area (Å²) < 4.78 is 23.6. The Morgan fingerprint density at radius 3 is 2.32 bits per heavy atom. The lowest BCUT2D eigenvalue weighted by Crippen LogP contribution is -2.41. The number of aromatic nitrogens is 2. The van der Waals surface area contributed by atoms with Gasteiger partial charge in [-0.2, -0.15) is 0 Å². The maximum absolute atomic E-state index is 13.8. The van der Waals surface area contributed by atoms with E-state index in [2.05, 4.69) is 27.5 Å². The zero-order valence-corrected chi connectivity index (χ0v) is 23.5. The van der Waals surface area contributed by atoms with Gasteiger partial charge in [-0.3, -0.25) is 9.59 Å². The highest BCUT2D eigenvalue weighted by Crippen LogP contribution is 2.41. The highest BCUT2D eigenvalue weighted by atomic mass is 32.2. The monoisotopic (exact) mass is 557 g/mol. The quantitative estimate of drug-likeness (QED) is 0.531. The third-order valence-electron chi connectivity index (χ3n) is 8.66. The molecule has 2 bridgehead atoms. The number of thiazole rings is 1. The number of rotatable bonds is 7. The number of pyridine rings is 1. The molecule has 4 aliphatic rings. The summed E-state index contributed by atoms with van der Waals surface area (Å²) in [5.74, 6) is 1.20. The second kappa shape index (κ2) is 9.89. The molecule has 1 saturated carbocycles. The Morgan fingerprint density at radius 2 is 1.71 bits per heavy atom. The van der Waals surface area contributed by atoms with Crippen molar-refractivity contribution < 1.29 is 18.0 Å². The molecule has 0 radical (unpaired) electrons. The molecule has 1 aliphatic carbocycles. The third-order valence-corrected chi connectivity index (χ3v) is 11.5. The van der Waals surface area contributed by atoms with Crippen molar-refractivity contribution in [3.63, 3.8) is 0 Å². The predicted octanol–water partition coefficient (Wildman–Crippen LogP) is 3.80. The number of carbonyl (C=O) groups is 2. The van der Waals surface area contributed by atoms with Crippen LogP contribution >= 0.6 is 11.3 Å². The van der Waals surface area contributed by atoms with Crippen LogP contribution in [0.15, 0.2) is 12.3 Å². The van der Waals surface area contributed by atoms with E-state index in [1.165, 1.54) is 24.2 Å². The van der Waals surface area contributed by atoms with E-state index in [9.17, 15) is 18.0 Å². The number of hydrogen-bond acceptors (Lipinski definition) is 8. The van der Waals surface area contributed by atoms with Crippen molar-refractivity contribution in [3.8, 4) is 10.4 Å². The Hall–Kier alpha value is -2.53. The summed E-state index contributed by atoms with van der Waals surface area (Å²) in [5.41, 5.74) is 2.10. The van der Waals surface area contributed by atoms with Crippen LogP contribution in [0.1, 0.15) is 84.1 Å². The number of nitrogens with zero attached hydrogens (tertiary/aromatic N) is 3. The Morgan fingerprint density at radius 1 is 1.05 bits per heavy atom. The molecule has 0 spiro atoms. The van der Waals surface area contributed by atoms with Gasteiger partial charge in [0, 0.05) is 35.9 Å². The van der Waals surface area contributed by atoms with Crippen LogP contribution in [-0.4, -0.2) is 70.8 Å². The van der Waals surface area contributed by atoms with Crippen LogP contribution in [0.25, 0.3) is 10.4 Å². The van der Waals surface area contributed by atoms with Crippen molar-refractivity contribution in [2.24, 2.45) is 5.92 Å². The summed E-state index contributed by atoms with van der Waals surface area (Å²) in [6.45, 7) is 4.18. The summed E-state index contributed by atoms with van der Waals surface area (Å²) in [7, 11) is -3.02. The molecule has 38 heavy (non-hydrogen) atoms. The minimum Gasteiger partial charge on any atom is -0.367 e. The van der Waals surface area contributed by atoms with Gasteiger partial charge in [0.05, 0.1) is 16.4 Å². The minimum absolute atomic E-state index is 0.0765. The molecule has 9 nitrogen and oxygen atoms in total. The van der Waals surface area contributed by atoms with Gasteiger partial charge >= 0.3 is 0 Å². The zero-order chi connectivity index (χ0) is 26.6. The van der Waals surface area contributed by atoms with Gasteiger partial charge in [-0.15, -0.1) is 11.3 Å². The molecule has 204 valence electrons. The topological polar surface area (TPSA) is 121 Å². The summed E-state index contributed by atoms with van der Waals surface area (Å²) in [6, 6.07) is 2.65. The lowest BCUT2D eigenvalue weighted by atomic mass is 10.0. The van der Waals surface area contributed by atoms with Crippen molar-refractivity contribution in [2.75, 3.05) is 16.8 Å². The fraction of sp³-hybridized carbons (Fsp3) is 0.630. The predicted molar refractivity (Wildman–Crippen MR) is 147 cm³/mol. The van der Waals surface area contributed by atoms with Crippen LogP contribution in [0.2, 0.25) is 0 Å². The van der Waals surface area contributed by atoms with E-state index in [-0.39, 0.29) is 46.5 Å². The number of fused-ring (bicyclic) bond motifs is 2. The highest BCUT2D eigenvalue weighted by Gasteiger charge is 2.44. The average Bonchev–Trinajstić information content (AvgIpc) is 3.35. The zero-order valence-electron chi connectivity index (χ0n) is 21.9. The van der Waals surface area contributed by atoms with Crippen LogP contribution in [0.5, 0.6) is 0 Å². The maximum Gasteiger partial charge on any atom is 0.280 e. The lowest BCUT2D eigenvalue weighted by Gasteiger charge is -2.22. The molecule has 4 fully saturated rings. The normalized spacial score (nSPS) is 25.4. The summed E-state index contributed by atoms with van der Waals surface area (Å²) in [6.07, 6.45) is 9.16. The van der Waals surface area contributed by atoms with Gasteiger partial charge in [-0.1, -0.05) is 0 Å². The van der Waals surface area contributed by atoms with Crippen molar-refractivity contribution >= 4 is 38.8 Å². The molecule has 1 atom stereocenters. The van der Waals surface area contributed by atoms with Gasteiger partial charge < -0.3 is 15.5 Å². The molecule has 2 aromatic rings. The number of hydrogen-bond donors (Lipinski definition) is 2. The Labute approximate surface area is 227 Å². The third kappa shape index (κ3) is 5.06. The largest absolute Gasteiger partial charge is 0.367 e. The summed E-state index contributed by atoms with van der Waals surface area (Å²) in [5, 5.41) is 6.68. The lowest BCUT2D eigenvalue weighted by molar-refractivity contribution is 0.0725. The van der Waals surface area contributed by atoms with Crippen molar-refractivity contribution in [1.29, 1.82) is 0 Å². The number of carbonyl (C=O) groups excluding carboxylic acids is 2. The summed E-state index contributed by atoms with van der Waals surface area (Å²) in [4.78, 5) is 39.0. The molecular formula is C27H35N5O4S2. The molecule has 5 heterocycles. The molecule has 0 aromatic carbocycles. The summed E-state index contributed by atoms with van der Waals surface area (Å²) >= 11 is 1.22. The molecule has 3 aliphatic heterocycles. The van der Waals surface area contributed by atoms with Gasteiger partial charge in [-0.25, -0.2) is 18.4 Å². The fourth-order valence-electron chi connectivity index (χ4n) is 6.21. The fourth-order valence-corrected chi connectivity index (χ4v) is 8.74. The molecule has 6 rings (SSSR count). The first-order valence-corrected chi connectivity index (χ1v) is 16.4. The van der Waals surface area contributed by atoms with Crippen molar-refractivity contribution in [3.05, 3.63) is 28.5 Å². The van der Waals surface area contributed by atoms with Gasteiger partial charge in [0.1, 0.15) is 21.3 Å². The smallest absolute Gasteiger partial charge is 0.280 e. The number of amides is 2. The van der Waals surface area contributed by atoms with Crippen LogP contribution in [0, 0.1) is 12.8 Å². The van der Waals surface area contributed by atoms with E-state index in [1.807, 2.05) is 17.9 Å². The van der Waals surface area contributed by atoms with Crippen LogP contribution < -0.4 is 10.6 Å². The van der Waals surface area contributed by atoms with E-state index in [4.69, 9.17) is 0 Å². The highest BCUT2D eigenvalue weighted by molar-refractivity contribution is 7.91. The number of sulfone groups is 1. The molecule has 3 saturated heterocycles. The average molecular weight is 558 g/mol. The van der Waals surface area contributed by atoms with Crippen LogP contribution in [-0.2, 0) is 9.84 Å². The number of nitrogens with one attached hydrogen (secondary N) is 2. The minimum atomic E-state index is -3.02. The first kappa shape index (κ1) is 25.7. The first-order valence-electron chi connectivity index (χ1n) is 13.8. The Bertz CT molecular complexity index is 1340. The Kier molecular flexibility index (Phi) is 6.70. The number of anilines is 1. The van der Waals surface area contributed by atoms with Crippen molar-refractivity contribution in [2.45, 2.75) is 89.4 Å². The maximum atomic E-state index is 13.8. The van der Waals surface area contributed by atoms with Gasteiger partial charge in [-0.05, 0) is 82.8 Å². The van der Waals surface area contributed by atoms with Gasteiger partial charge in [0.25, 0.3) is 11.8 Å². The molecule has 2 amide bonds. The first-order chi connectivity index (χ1) is 18.2. The second-order valence-electron chi connectivity index (χ2n) is 11.4. The van der Waals surface area contributed by atoms with Crippen LogP contribution in [0.3, 0.4) is 0 Å². The molecule has 2 N–H and O–H groups in total. The van der Waals surface area contributed by atoms with E-state index >= 15 is 0 Å². The number of aryl methyl sites for hydroxylation is 1.